The van der Waals surface area contributed by atoms with Crippen molar-refractivity contribution in [1.29, 1.82) is 0 Å². The number of carbonyl (C=O) groups excluding carboxylic acids is 1. The first kappa shape index (κ1) is 16.0. The van der Waals surface area contributed by atoms with E-state index in [9.17, 15) is 9.59 Å². The number of rotatable bonds is 5. The topological polar surface area (TPSA) is 104 Å². The van der Waals surface area contributed by atoms with Crippen molar-refractivity contribution >= 4 is 27.5 Å². The van der Waals surface area contributed by atoms with E-state index in [1.165, 1.54) is 16.9 Å². The molecular formula is C17H19N5O2S. The number of aromatic amines is 2. The molecule has 3 aromatic rings. The third-order valence-corrected chi connectivity index (χ3v) is 5.68. The lowest BCUT2D eigenvalue weighted by Gasteiger charge is -2.09. The minimum atomic E-state index is -0.0807. The van der Waals surface area contributed by atoms with Gasteiger partial charge in [-0.05, 0) is 31.2 Å². The monoisotopic (exact) mass is 357 g/mol. The largest absolute Gasteiger partial charge is 0.350 e. The highest BCUT2D eigenvalue weighted by Crippen LogP contribution is 2.33. The number of hydrogen-bond acceptors (Lipinski definition) is 5. The van der Waals surface area contributed by atoms with Crippen molar-refractivity contribution in [3.05, 3.63) is 44.8 Å². The summed E-state index contributed by atoms with van der Waals surface area (Å²) in [5.74, 6) is 0.496. The molecule has 0 aromatic carbocycles. The van der Waals surface area contributed by atoms with Crippen molar-refractivity contribution in [2.24, 2.45) is 0 Å². The Balaban J connectivity index is 1.45. The number of fused-ring (bicyclic) bond motifs is 3. The van der Waals surface area contributed by atoms with Crippen molar-refractivity contribution in [3.63, 3.8) is 0 Å². The maximum Gasteiger partial charge on any atom is 0.259 e. The SMILES string of the molecule is O=C(CCc1nc2sc3c(c2c(=O)[nH]1)CCCC3)NCc1cnc[nH]1. The molecule has 0 spiro atoms. The fourth-order valence-electron chi connectivity index (χ4n) is 3.22. The van der Waals surface area contributed by atoms with Gasteiger partial charge in [-0.1, -0.05) is 0 Å². The van der Waals surface area contributed by atoms with E-state index in [0.29, 0.717) is 18.8 Å². The number of aryl methyl sites for hydroxylation is 3. The van der Waals surface area contributed by atoms with Crippen molar-refractivity contribution in [2.75, 3.05) is 0 Å². The van der Waals surface area contributed by atoms with Gasteiger partial charge in [0.15, 0.2) is 0 Å². The maximum atomic E-state index is 12.5. The van der Waals surface area contributed by atoms with Crippen molar-refractivity contribution in [2.45, 2.75) is 45.1 Å². The average molecular weight is 357 g/mol. The third kappa shape index (κ3) is 3.34. The molecule has 0 bridgehead atoms. The summed E-state index contributed by atoms with van der Waals surface area (Å²) >= 11 is 1.63. The molecular weight excluding hydrogens is 338 g/mol. The van der Waals surface area contributed by atoms with Crippen LogP contribution in [0.25, 0.3) is 10.2 Å². The molecule has 0 aliphatic heterocycles. The molecule has 1 aliphatic carbocycles. The van der Waals surface area contributed by atoms with Crippen LogP contribution in [0.5, 0.6) is 0 Å². The zero-order chi connectivity index (χ0) is 17.2. The Bertz CT molecular complexity index is 957. The first-order valence-corrected chi connectivity index (χ1v) is 9.30. The van der Waals surface area contributed by atoms with Gasteiger partial charge in [0.2, 0.25) is 5.91 Å². The highest BCUT2D eigenvalue weighted by Gasteiger charge is 2.19. The van der Waals surface area contributed by atoms with Crippen LogP contribution in [0.4, 0.5) is 0 Å². The van der Waals surface area contributed by atoms with Gasteiger partial charge < -0.3 is 15.3 Å². The van der Waals surface area contributed by atoms with E-state index in [1.807, 2.05) is 0 Å². The van der Waals surface area contributed by atoms with E-state index in [0.717, 1.165) is 35.2 Å². The number of H-pyrrole nitrogens is 2. The Morgan fingerprint density at radius 2 is 2.20 bits per heavy atom. The zero-order valence-corrected chi connectivity index (χ0v) is 14.5. The van der Waals surface area contributed by atoms with Gasteiger partial charge in [0.25, 0.3) is 5.56 Å². The Morgan fingerprint density at radius 1 is 1.32 bits per heavy atom. The lowest BCUT2D eigenvalue weighted by Crippen LogP contribution is -2.24. The summed E-state index contributed by atoms with van der Waals surface area (Å²) in [5, 5.41) is 3.58. The van der Waals surface area contributed by atoms with Crippen molar-refractivity contribution in [3.8, 4) is 0 Å². The quantitative estimate of drug-likeness (QED) is 0.648. The molecule has 0 radical (unpaired) electrons. The van der Waals surface area contributed by atoms with Crippen LogP contribution in [0.2, 0.25) is 0 Å². The number of imidazole rings is 1. The highest BCUT2D eigenvalue weighted by molar-refractivity contribution is 7.18. The number of hydrogen-bond donors (Lipinski definition) is 3. The fraction of sp³-hybridized carbons (Fsp3) is 0.412. The van der Waals surface area contributed by atoms with Crippen LogP contribution in [-0.4, -0.2) is 25.8 Å². The van der Waals surface area contributed by atoms with E-state index >= 15 is 0 Å². The number of nitrogens with one attached hydrogen (secondary N) is 3. The fourth-order valence-corrected chi connectivity index (χ4v) is 4.50. The molecule has 1 amide bonds. The molecule has 4 rings (SSSR count). The highest BCUT2D eigenvalue weighted by atomic mass is 32.1. The van der Waals surface area contributed by atoms with Gasteiger partial charge in [-0.25, -0.2) is 9.97 Å². The first-order valence-electron chi connectivity index (χ1n) is 8.48. The van der Waals surface area contributed by atoms with Crippen LogP contribution < -0.4 is 10.9 Å². The van der Waals surface area contributed by atoms with E-state index < -0.39 is 0 Å². The van der Waals surface area contributed by atoms with Crippen LogP contribution >= 0.6 is 11.3 Å². The molecule has 0 saturated carbocycles. The molecule has 3 N–H and O–H groups in total. The number of carbonyl (C=O) groups is 1. The van der Waals surface area contributed by atoms with Gasteiger partial charge in [0.1, 0.15) is 10.7 Å². The summed E-state index contributed by atoms with van der Waals surface area (Å²) in [7, 11) is 0. The molecule has 8 heteroatoms. The smallest absolute Gasteiger partial charge is 0.259 e. The van der Waals surface area contributed by atoms with Gasteiger partial charge in [0.05, 0.1) is 24.0 Å². The van der Waals surface area contributed by atoms with Crippen molar-refractivity contribution in [1.82, 2.24) is 25.3 Å². The lowest BCUT2D eigenvalue weighted by atomic mass is 9.97. The lowest BCUT2D eigenvalue weighted by molar-refractivity contribution is -0.121. The Hall–Kier alpha value is -2.48. The molecule has 3 heterocycles. The summed E-state index contributed by atoms with van der Waals surface area (Å²) < 4.78 is 0. The standard InChI is InChI=1S/C17H19N5O2S/c23-14(19-8-10-7-18-9-20-10)6-5-13-21-16(24)15-11-3-1-2-4-12(11)25-17(15)22-13/h7,9H,1-6,8H2,(H,18,20)(H,19,23)(H,21,22,24). The van der Waals surface area contributed by atoms with Gasteiger partial charge in [0, 0.05) is 23.9 Å². The van der Waals surface area contributed by atoms with Gasteiger partial charge >= 0.3 is 0 Å². The summed E-state index contributed by atoms with van der Waals surface area (Å²) in [4.78, 5) is 40.8. The Kier molecular flexibility index (Phi) is 4.35. The number of amides is 1. The minimum Gasteiger partial charge on any atom is -0.350 e. The second-order valence-electron chi connectivity index (χ2n) is 6.26. The van der Waals surface area contributed by atoms with Gasteiger partial charge in [-0.3, -0.25) is 9.59 Å². The number of thiophene rings is 1. The minimum absolute atomic E-state index is 0.0720. The summed E-state index contributed by atoms with van der Waals surface area (Å²) in [6, 6.07) is 0. The third-order valence-electron chi connectivity index (χ3n) is 4.49. The van der Waals surface area contributed by atoms with E-state index in [1.54, 1.807) is 23.9 Å². The second-order valence-corrected chi connectivity index (χ2v) is 7.34. The second kappa shape index (κ2) is 6.79. The van der Waals surface area contributed by atoms with Gasteiger partial charge in [-0.2, -0.15) is 0 Å². The number of aromatic nitrogens is 4. The maximum absolute atomic E-state index is 12.5. The van der Waals surface area contributed by atoms with E-state index in [-0.39, 0.29) is 17.9 Å². The molecule has 1 aliphatic rings. The molecule has 0 unspecified atom stereocenters. The predicted octanol–water partition coefficient (Wildman–Crippen LogP) is 1.84. The Labute approximate surface area is 147 Å². The van der Waals surface area contributed by atoms with Crippen LogP contribution in [-0.2, 0) is 30.6 Å². The molecule has 25 heavy (non-hydrogen) atoms. The zero-order valence-electron chi connectivity index (χ0n) is 13.7. The normalized spacial score (nSPS) is 13.8. The van der Waals surface area contributed by atoms with Crippen LogP contribution in [0.1, 0.15) is 41.2 Å². The summed E-state index contributed by atoms with van der Waals surface area (Å²) in [6.07, 6.45) is 8.28. The van der Waals surface area contributed by atoms with Crippen LogP contribution in [0, 0.1) is 0 Å². The van der Waals surface area contributed by atoms with Crippen LogP contribution in [0.15, 0.2) is 17.3 Å². The van der Waals surface area contributed by atoms with Crippen molar-refractivity contribution < 1.29 is 4.79 Å². The number of nitrogens with zero attached hydrogens (tertiary/aromatic N) is 2. The average Bonchev–Trinajstić information content (AvgIpc) is 3.25. The molecule has 130 valence electrons. The van der Waals surface area contributed by atoms with Gasteiger partial charge in [-0.15, -0.1) is 11.3 Å². The van der Waals surface area contributed by atoms with E-state index in [4.69, 9.17) is 0 Å². The molecule has 3 aromatic heterocycles. The molecule has 0 atom stereocenters. The molecule has 0 fully saturated rings. The van der Waals surface area contributed by atoms with E-state index in [2.05, 4.69) is 25.3 Å². The summed E-state index contributed by atoms with van der Waals surface area (Å²) in [5.41, 5.74) is 1.96. The molecule has 0 saturated heterocycles. The predicted molar refractivity (Wildman–Crippen MR) is 95.6 cm³/mol. The van der Waals surface area contributed by atoms with Crippen LogP contribution in [0.3, 0.4) is 0 Å². The Morgan fingerprint density at radius 3 is 3.04 bits per heavy atom. The first-order chi connectivity index (χ1) is 12.2. The molecule has 7 nitrogen and oxygen atoms in total. The summed E-state index contributed by atoms with van der Waals surface area (Å²) in [6.45, 7) is 0.416.